The number of rotatable bonds is 4. The number of ether oxygens (including phenoxy) is 1. The molecule has 104 valence electrons. The monoisotopic (exact) mass is 276 g/mol. The smallest absolute Gasteiger partial charge is 0.339 e. The maximum atomic E-state index is 13.1. The number of carbonyl (C=O) groups is 1. The zero-order chi connectivity index (χ0) is 14.7. The summed E-state index contributed by atoms with van der Waals surface area (Å²) in [5.74, 6) is -1.23. The van der Waals surface area contributed by atoms with E-state index in [4.69, 9.17) is 9.84 Å². The molecule has 1 heterocycles. The van der Waals surface area contributed by atoms with E-state index in [2.05, 4.69) is 4.98 Å². The van der Waals surface area contributed by atoms with Gasteiger partial charge in [-0.25, -0.2) is 14.2 Å². The highest BCUT2D eigenvalue weighted by atomic mass is 19.1. The number of nitrogens with zero attached hydrogens (tertiary/aromatic N) is 2. The zero-order valence-electron chi connectivity index (χ0n) is 11.0. The summed E-state index contributed by atoms with van der Waals surface area (Å²) in [6, 6.07) is 8.03. The van der Waals surface area contributed by atoms with Crippen LogP contribution < -0.4 is 9.64 Å². The van der Waals surface area contributed by atoms with Gasteiger partial charge in [0.2, 0.25) is 0 Å². The zero-order valence-corrected chi connectivity index (χ0v) is 11.0. The van der Waals surface area contributed by atoms with Gasteiger partial charge in [-0.15, -0.1) is 0 Å². The molecule has 0 spiro atoms. The van der Waals surface area contributed by atoms with Crippen LogP contribution in [0.1, 0.15) is 10.4 Å². The number of aromatic nitrogens is 1. The SMILES string of the molecule is COc1ccccc1N(C)c1ncc(F)cc1C(=O)O. The predicted molar refractivity (Wildman–Crippen MR) is 72.2 cm³/mol. The van der Waals surface area contributed by atoms with Crippen LogP contribution in [0.15, 0.2) is 36.5 Å². The normalized spacial score (nSPS) is 10.2. The van der Waals surface area contributed by atoms with E-state index in [9.17, 15) is 9.18 Å². The quantitative estimate of drug-likeness (QED) is 0.930. The highest BCUT2D eigenvalue weighted by Crippen LogP contribution is 2.32. The maximum absolute atomic E-state index is 13.1. The van der Waals surface area contributed by atoms with E-state index < -0.39 is 11.8 Å². The lowest BCUT2D eigenvalue weighted by atomic mass is 10.2. The van der Waals surface area contributed by atoms with E-state index in [1.54, 1.807) is 36.2 Å². The van der Waals surface area contributed by atoms with Crippen molar-refractivity contribution in [3.8, 4) is 5.75 Å². The van der Waals surface area contributed by atoms with Crippen molar-refractivity contribution in [1.29, 1.82) is 0 Å². The second-order valence-electron chi connectivity index (χ2n) is 4.06. The summed E-state index contributed by atoms with van der Waals surface area (Å²) < 4.78 is 18.4. The lowest BCUT2D eigenvalue weighted by Gasteiger charge is -2.22. The molecule has 0 fully saturated rings. The Morgan fingerprint density at radius 3 is 2.75 bits per heavy atom. The van der Waals surface area contributed by atoms with Crippen LogP contribution in [0.5, 0.6) is 5.75 Å². The molecule has 2 rings (SSSR count). The Labute approximate surface area is 115 Å². The van der Waals surface area contributed by atoms with Crippen molar-refractivity contribution < 1.29 is 19.0 Å². The Kier molecular flexibility index (Phi) is 3.84. The average molecular weight is 276 g/mol. The van der Waals surface area contributed by atoms with Crippen molar-refractivity contribution in [2.45, 2.75) is 0 Å². The van der Waals surface area contributed by atoms with Gasteiger partial charge in [-0.3, -0.25) is 0 Å². The molecule has 0 amide bonds. The molecule has 20 heavy (non-hydrogen) atoms. The molecule has 0 saturated carbocycles. The Bertz CT molecular complexity index is 646. The van der Waals surface area contributed by atoms with Gasteiger partial charge < -0.3 is 14.7 Å². The molecule has 0 aliphatic heterocycles. The van der Waals surface area contributed by atoms with Gasteiger partial charge in [0.15, 0.2) is 0 Å². The number of para-hydroxylation sites is 2. The number of carboxylic acid groups (broad SMARTS) is 1. The molecule has 0 radical (unpaired) electrons. The molecule has 1 aromatic carbocycles. The van der Waals surface area contributed by atoms with Crippen molar-refractivity contribution in [2.24, 2.45) is 0 Å². The summed E-state index contributed by atoms with van der Waals surface area (Å²) in [5, 5.41) is 9.15. The van der Waals surface area contributed by atoms with Gasteiger partial charge in [-0.1, -0.05) is 12.1 Å². The van der Waals surface area contributed by atoms with Crippen LogP contribution in [0, 0.1) is 5.82 Å². The third-order valence-electron chi connectivity index (χ3n) is 2.83. The van der Waals surface area contributed by atoms with Crippen molar-refractivity contribution in [2.75, 3.05) is 19.1 Å². The fraction of sp³-hybridized carbons (Fsp3) is 0.143. The van der Waals surface area contributed by atoms with E-state index in [1.807, 2.05) is 0 Å². The van der Waals surface area contributed by atoms with Crippen LogP contribution in [0.25, 0.3) is 0 Å². The summed E-state index contributed by atoms with van der Waals surface area (Å²) in [6.07, 6.45) is 0.980. The minimum absolute atomic E-state index is 0.142. The van der Waals surface area contributed by atoms with Crippen LogP contribution in [-0.4, -0.2) is 30.2 Å². The van der Waals surface area contributed by atoms with Gasteiger partial charge in [0.25, 0.3) is 0 Å². The second-order valence-corrected chi connectivity index (χ2v) is 4.06. The largest absolute Gasteiger partial charge is 0.495 e. The topological polar surface area (TPSA) is 62.7 Å². The molecule has 0 bridgehead atoms. The summed E-state index contributed by atoms with van der Waals surface area (Å²) in [5.41, 5.74) is 0.426. The first-order valence-electron chi connectivity index (χ1n) is 5.80. The molecular weight excluding hydrogens is 263 g/mol. The lowest BCUT2D eigenvalue weighted by Crippen LogP contribution is -2.16. The molecule has 0 aliphatic carbocycles. The van der Waals surface area contributed by atoms with E-state index in [0.717, 1.165) is 12.3 Å². The molecule has 0 atom stereocenters. The first-order valence-corrected chi connectivity index (χ1v) is 5.80. The predicted octanol–water partition coefficient (Wildman–Crippen LogP) is 2.70. The van der Waals surface area contributed by atoms with Crippen molar-refractivity contribution >= 4 is 17.5 Å². The van der Waals surface area contributed by atoms with Crippen molar-refractivity contribution in [3.05, 3.63) is 47.9 Å². The number of anilines is 2. The van der Waals surface area contributed by atoms with E-state index >= 15 is 0 Å². The van der Waals surface area contributed by atoms with Crippen LogP contribution in [0.4, 0.5) is 15.9 Å². The Balaban J connectivity index is 2.53. The number of hydrogen-bond acceptors (Lipinski definition) is 4. The molecule has 1 aromatic heterocycles. The maximum Gasteiger partial charge on any atom is 0.339 e. The minimum atomic E-state index is -1.24. The summed E-state index contributed by atoms with van der Waals surface area (Å²) in [7, 11) is 3.16. The number of halogens is 1. The number of methoxy groups -OCH3 is 1. The molecule has 0 saturated heterocycles. The van der Waals surface area contributed by atoms with Crippen LogP contribution in [0.3, 0.4) is 0 Å². The fourth-order valence-corrected chi connectivity index (χ4v) is 1.88. The molecule has 5 nitrogen and oxygen atoms in total. The first kappa shape index (κ1) is 13.8. The van der Waals surface area contributed by atoms with Crippen LogP contribution >= 0.6 is 0 Å². The highest BCUT2D eigenvalue weighted by molar-refractivity contribution is 5.94. The van der Waals surface area contributed by atoms with Crippen molar-refractivity contribution in [3.63, 3.8) is 0 Å². The highest BCUT2D eigenvalue weighted by Gasteiger charge is 2.19. The third-order valence-corrected chi connectivity index (χ3v) is 2.83. The number of benzene rings is 1. The lowest BCUT2D eigenvalue weighted by molar-refractivity contribution is 0.0696. The standard InChI is InChI=1S/C14H13FN2O3/c1-17(11-5-3-4-6-12(11)20-2)13-10(14(18)19)7-9(15)8-16-13/h3-8H,1-2H3,(H,18,19). The average Bonchev–Trinajstić information content (AvgIpc) is 2.46. The van der Waals surface area contributed by atoms with Gasteiger partial charge in [0.05, 0.1) is 19.0 Å². The molecule has 2 aromatic rings. The Morgan fingerprint density at radius 2 is 2.10 bits per heavy atom. The number of hydrogen-bond donors (Lipinski definition) is 1. The van der Waals surface area contributed by atoms with E-state index in [0.29, 0.717) is 11.4 Å². The summed E-state index contributed by atoms with van der Waals surface area (Å²) >= 11 is 0. The summed E-state index contributed by atoms with van der Waals surface area (Å²) in [6.45, 7) is 0. The number of carboxylic acids is 1. The summed E-state index contributed by atoms with van der Waals surface area (Å²) in [4.78, 5) is 16.6. The number of pyridine rings is 1. The van der Waals surface area contributed by atoms with Gasteiger partial charge in [-0.2, -0.15) is 0 Å². The third kappa shape index (κ3) is 2.54. The van der Waals surface area contributed by atoms with Gasteiger partial charge in [0.1, 0.15) is 22.9 Å². The fourth-order valence-electron chi connectivity index (χ4n) is 1.88. The molecular formula is C14H13FN2O3. The van der Waals surface area contributed by atoms with E-state index in [-0.39, 0.29) is 11.4 Å². The Morgan fingerprint density at radius 1 is 1.40 bits per heavy atom. The molecule has 1 N–H and O–H groups in total. The minimum Gasteiger partial charge on any atom is -0.495 e. The van der Waals surface area contributed by atoms with E-state index in [1.165, 1.54) is 7.11 Å². The molecule has 0 unspecified atom stereocenters. The van der Waals surface area contributed by atoms with Gasteiger partial charge >= 0.3 is 5.97 Å². The Hall–Kier alpha value is -2.63. The van der Waals surface area contributed by atoms with Crippen molar-refractivity contribution in [1.82, 2.24) is 4.98 Å². The second kappa shape index (κ2) is 5.56. The number of aromatic carboxylic acids is 1. The van der Waals surface area contributed by atoms with Gasteiger partial charge in [0, 0.05) is 7.05 Å². The van der Waals surface area contributed by atoms with Gasteiger partial charge in [-0.05, 0) is 18.2 Å². The van der Waals surface area contributed by atoms with Crippen LogP contribution in [-0.2, 0) is 0 Å². The van der Waals surface area contributed by atoms with Crippen LogP contribution in [0.2, 0.25) is 0 Å². The first-order chi connectivity index (χ1) is 9.54. The molecule has 6 heteroatoms. The molecule has 0 aliphatic rings.